The lowest BCUT2D eigenvalue weighted by molar-refractivity contribution is -0.136. The summed E-state index contributed by atoms with van der Waals surface area (Å²) in [4.78, 5) is 11.1. The normalized spacial score (nSPS) is 11.7. The number of hydrogen-bond acceptors (Lipinski definition) is 4. The lowest BCUT2D eigenvalue weighted by Gasteiger charge is -2.15. The summed E-state index contributed by atoms with van der Waals surface area (Å²) in [6.07, 6.45) is -0.129. The van der Waals surface area contributed by atoms with Crippen LogP contribution in [0.2, 0.25) is 0 Å². The number of aliphatic carboxylic acids is 1. The van der Waals surface area contributed by atoms with Gasteiger partial charge in [0.2, 0.25) is 0 Å². The van der Waals surface area contributed by atoms with Gasteiger partial charge in [-0.3, -0.25) is 4.79 Å². The predicted octanol–water partition coefficient (Wildman–Crippen LogP) is 5.12. The number of carboxylic acid groups (broad SMARTS) is 1. The van der Waals surface area contributed by atoms with Gasteiger partial charge < -0.3 is 20.3 Å². The first-order valence-corrected chi connectivity index (χ1v) is 10.1. The van der Waals surface area contributed by atoms with E-state index in [1.54, 1.807) is 55.5 Å². The zero-order valence-electron chi connectivity index (χ0n) is 17.6. The third-order valence-electron chi connectivity index (χ3n) is 4.82. The van der Waals surface area contributed by atoms with E-state index in [0.29, 0.717) is 40.4 Å². The summed E-state index contributed by atoms with van der Waals surface area (Å²) in [6, 6.07) is 17.2. The highest BCUT2D eigenvalue weighted by atomic mass is 19.1. The second-order valence-electron chi connectivity index (χ2n) is 7.26. The van der Waals surface area contributed by atoms with Gasteiger partial charge in [-0.05, 0) is 49.2 Å². The molecule has 31 heavy (non-hydrogen) atoms. The summed E-state index contributed by atoms with van der Waals surface area (Å²) in [5.74, 6) is -0.188. The fraction of sp³-hybridized carbons (Fsp3) is 0.240. The number of carbonyl (C=O) groups is 1. The molecule has 0 saturated carbocycles. The SMILES string of the molecule is CCOc1cc(COc2ccccc2CC(=O)O)cc(-c2cccc([C@@H](C)N)c2F)c1. The molecule has 0 unspecified atom stereocenters. The van der Waals surface area contributed by atoms with Gasteiger partial charge in [0.15, 0.2) is 0 Å². The maximum Gasteiger partial charge on any atom is 0.307 e. The van der Waals surface area contributed by atoms with Gasteiger partial charge in [0.05, 0.1) is 13.0 Å². The quantitative estimate of drug-likeness (QED) is 0.499. The molecule has 3 N–H and O–H groups in total. The van der Waals surface area contributed by atoms with Gasteiger partial charge in [-0.1, -0.05) is 36.4 Å². The molecular weight excluding hydrogens is 397 g/mol. The van der Waals surface area contributed by atoms with Gasteiger partial charge in [-0.25, -0.2) is 4.39 Å². The van der Waals surface area contributed by atoms with Gasteiger partial charge in [-0.2, -0.15) is 0 Å². The molecule has 0 bridgehead atoms. The highest BCUT2D eigenvalue weighted by Gasteiger charge is 2.15. The van der Waals surface area contributed by atoms with E-state index >= 15 is 4.39 Å². The maximum absolute atomic E-state index is 15.1. The highest BCUT2D eigenvalue weighted by molar-refractivity contribution is 5.71. The van der Waals surface area contributed by atoms with Crippen LogP contribution >= 0.6 is 0 Å². The molecular formula is C25H26FNO4. The van der Waals surface area contributed by atoms with E-state index in [9.17, 15) is 4.79 Å². The third-order valence-corrected chi connectivity index (χ3v) is 4.82. The Hall–Kier alpha value is -3.38. The Bertz CT molecular complexity index is 1070. The smallest absolute Gasteiger partial charge is 0.307 e. The van der Waals surface area contributed by atoms with E-state index in [-0.39, 0.29) is 18.8 Å². The molecule has 3 aromatic rings. The summed E-state index contributed by atoms with van der Waals surface area (Å²) in [7, 11) is 0. The van der Waals surface area contributed by atoms with Crippen molar-refractivity contribution >= 4 is 5.97 Å². The Labute approximate surface area is 181 Å². The molecule has 5 nitrogen and oxygen atoms in total. The van der Waals surface area contributed by atoms with Gasteiger partial charge in [0.1, 0.15) is 23.9 Å². The number of benzene rings is 3. The standard InChI is InChI=1S/C25H26FNO4/c1-3-30-20-12-17(15-31-23-10-5-4-7-18(23)14-24(28)29)11-19(13-20)22-9-6-8-21(16(2)27)25(22)26/h4-13,16H,3,14-15,27H2,1-2H3,(H,28,29)/t16-/m1/s1. The van der Waals surface area contributed by atoms with Crippen LogP contribution in [0.15, 0.2) is 60.7 Å². The first-order valence-electron chi connectivity index (χ1n) is 10.1. The van der Waals surface area contributed by atoms with Crippen molar-refractivity contribution in [3.05, 3.63) is 83.2 Å². The average molecular weight is 423 g/mol. The molecule has 0 aliphatic rings. The van der Waals surface area contributed by atoms with Crippen LogP contribution in [0.5, 0.6) is 11.5 Å². The lowest BCUT2D eigenvalue weighted by Crippen LogP contribution is -2.08. The van der Waals surface area contributed by atoms with Crippen molar-refractivity contribution in [2.75, 3.05) is 6.61 Å². The second-order valence-corrected chi connectivity index (χ2v) is 7.26. The summed E-state index contributed by atoms with van der Waals surface area (Å²) in [5, 5.41) is 9.11. The number of para-hydroxylation sites is 1. The topological polar surface area (TPSA) is 81.8 Å². The van der Waals surface area contributed by atoms with Crippen molar-refractivity contribution in [1.82, 2.24) is 0 Å². The summed E-state index contributed by atoms with van der Waals surface area (Å²) in [5.41, 5.74) is 8.80. The first kappa shape index (κ1) is 22.3. The summed E-state index contributed by atoms with van der Waals surface area (Å²) in [6.45, 7) is 4.27. The zero-order valence-corrected chi connectivity index (χ0v) is 17.6. The van der Waals surface area contributed by atoms with Crippen LogP contribution < -0.4 is 15.2 Å². The maximum atomic E-state index is 15.1. The molecule has 0 spiro atoms. The molecule has 0 saturated heterocycles. The minimum atomic E-state index is -0.929. The minimum Gasteiger partial charge on any atom is -0.494 e. The Morgan fingerprint density at radius 3 is 2.58 bits per heavy atom. The van der Waals surface area contributed by atoms with E-state index in [0.717, 1.165) is 5.56 Å². The second kappa shape index (κ2) is 10.1. The zero-order chi connectivity index (χ0) is 22.4. The van der Waals surface area contributed by atoms with Crippen LogP contribution in [0, 0.1) is 5.82 Å². The van der Waals surface area contributed by atoms with Gasteiger partial charge in [0.25, 0.3) is 0 Å². The van der Waals surface area contributed by atoms with Crippen LogP contribution in [0.4, 0.5) is 4.39 Å². The van der Waals surface area contributed by atoms with Gasteiger partial charge in [-0.15, -0.1) is 0 Å². The molecule has 3 aromatic carbocycles. The minimum absolute atomic E-state index is 0.129. The molecule has 0 heterocycles. The van der Waals surface area contributed by atoms with E-state index in [4.69, 9.17) is 20.3 Å². The molecule has 0 amide bonds. The molecule has 3 rings (SSSR count). The number of nitrogens with two attached hydrogens (primary N) is 1. The average Bonchev–Trinajstić information content (AvgIpc) is 2.73. The Kier molecular flexibility index (Phi) is 7.26. The van der Waals surface area contributed by atoms with E-state index < -0.39 is 12.0 Å². The molecule has 0 fully saturated rings. The molecule has 6 heteroatoms. The highest BCUT2D eigenvalue weighted by Crippen LogP contribution is 2.32. The molecule has 0 aromatic heterocycles. The van der Waals surface area contributed by atoms with Crippen LogP contribution in [0.25, 0.3) is 11.1 Å². The van der Waals surface area contributed by atoms with E-state index in [2.05, 4.69) is 0 Å². The van der Waals surface area contributed by atoms with Crippen molar-refractivity contribution in [3.8, 4) is 22.6 Å². The monoisotopic (exact) mass is 423 g/mol. The van der Waals surface area contributed by atoms with Crippen LogP contribution in [0.3, 0.4) is 0 Å². The van der Waals surface area contributed by atoms with Crippen LogP contribution in [-0.2, 0) is 17.8 Å². The van der Waals surface area contributed by atoms with Crippen molar-refractivity contribution in [2.45, 2.75) is 32.9 Å². The number of rotatable bonds is 9. The molecule has 162 valence electrons. The number of hydrogen-bond donors (Lipinski definition) is 2. The molecule has 0 aliphatic heterocycles. The fourth-order valence-corrected chi connectivity index (χ4v) is 3.39. The summed E-state index contributed by atoms with van der Waals surface area (Å²) < 4.78 is 26.7. The number of halogens is 1. The van der Waals surface area contributed by atoms with Crippen LogP contribution in [-0.4, -0.2) is 17.7 Å². The number of ether oxygens (including phenoxy) is 2. The Morgan fingerprint density at radius 1 is 1.10 bits per heavy atom. The Morgan fingerprint density at radius 2 is 1.87 bits per heavy atom. The third kappa shape index (κ3) is 5.61. The molecule has 0 aliphatic carbocycles. The van der Waals surface area contributed by atoms with Gasteiger partial charge in [0, 0.05) is 22.7 Å². The Balaban J connectivity index is 1.94. The van der Waals surface area contributed by atoms with Crippen LogP contribution in [0.1, 0.15) is 36.6 Å². The lowest BCUT2D eigenvalue weighted by atomic mass is 9.97. The van der Waals surface area contributed by atoms with Gasteiger partial charge >= 0.3 is 5.97 Å². The van der Waals surface area contributed by atoms with Crippen molar-refractivity contribution in [3.63, 3.8) is 0 Å². The number of carboxylic acids is 1. The van der Waals surface area contributed by atoms with E-state index in [1.165, 1.54) is 0 Å². The van der Waals surface area contributed by atoms with Crippen molar-refractivity contribution < 1.29 is 23.8 Å². The largest absolute Gasteiger partial charge is 0.494 e. The summed E-state index contributed by atoms with van der Waals surface area (Å²) >= 11 is 0. The first-order chi connectivity index (χ1) is 14.9. The van der Waals surface area contributed by atoms with E-state index in [1.807, 2.05) is 19.1 Å². The van der Waals surface area contributed by atoms with Crippen molar-refractivity contribution in [2.24, 2.45) is 5.73 Å². The fourth-order valence-electron chi connectivity index (χ4n) is 3.39. The molecule has 0 radical (unpaired) electrons. The van der Waals surface area contributed by atoms with Crippen molar-refractivity contribution in [1.29, 1.82) is 0 Å². The molecule has 1 atom stereocenters. The predicted molar refractivity (Wildman–Crippen MR) is 118 cm³/mol.